The maximum atomic E-state index is 10.5. The molecule has 4 N–H and O–H groups in total. The highest BCUT2D eigenvalue weighted by atomic mass is 16.4. The number of allylic oxidation sites excluding steroid dienone is 5. The highest BCUT2D eigenvalue weighted by Crippen LogP contribution is 2.36. The summed E-state index contributed by atoms with van der Waals surface area (Å²) in [5.41, 5.74) is 0. The second-order valence-corrected chi connectivity index (χ2v) is 6.64. The summed E-state index contributed by atoms with van der Waals surface area (Å²) in [5, 5.41) is 38.1. The van der Waals surface area contributed by atoms with Crippen molar-refractivity contribution < 1.29 is 25.2 Å². The molecule has 1 fully saturated rings. The Hall–Kier alpha value is -1.43. The van der Waals surface area contributed by atoms with E-state index in [9.17, 15) is 20.1 Å². The van der Waals surface area contributed by atoms with Gasteiger partial charge in [0.15, 0.2) is 6.10 Å². The summed E-state index contributed by atoms with van der Waals surface area (Å²) in [5.74, 6) is -1.29. The minimum Gasteiger partial charge on any atom is -0.479 e. The lowest BCUT2D eigenvalue weighted by Gasteiger charge is -2.19. The lowest BCUT2D eigenvalue weighted by Crippen LogP contribution is -2.20. The predicted molar refractivity (Wildman–Crippen MR) is 98.0 cm³/mol. The van der Waals surface area contributed by atoms with Gasteiger partial charge in [-0.15, -0.1) is 0 Å². The Morgan fingerprint density at radius 2 is 1.72 bits per heavy atom. The van der Waals surface area contributed by atoms with Crippen LogP contribution in [0.1, 0.15) is 51.9 Å². The number of rotatable bonds is 11. The van der Waals surface area contributed by atoms with Gasteiger partial charge >= 0.3 is 5.97 Å². The summed E-state index contributed by atoms with van der Waals surface area (Å²) in [6, 6.07) is 0. The van der Waals surface area contributed by atoms with E-state index in [1.54, 1.807) is 0 Å². The summed E-state index contributed by atoms with van der Waals surface area (Å²) >= 11 is 0. The molecule has 25 heavy (non-hydrogen) atoms. The Morgan fingerprint density at radius 1 is 1.04 bits per heavy atom. The van der Waals surface area contributed by atoms with Crippen LogP contribution in [0, 0.1) is 11.8 Å². The van der Waals surface area contributed by atoms with Crippen LogP contribution in [0.4, 0.5) is 0 Å². The minimum absolute atomic E-state index is 0.0296. The Morgan fingerprint density at radius 3 is 2.40 bits per heavy atom. The fourth-order valence-electron chi connectivity index (χ4n) is 3.19. The molecule has 5 nitrogen and oxygen atoms in total. The molecule has 0 heterocycles. The van der Waals surface area contributed by atoms with Crippen LogP contribution >= 0.6 is 0 Å². The van der Waals surface area contributed by atoms with Gasteiger partial charge in [-0.2, -0.15) is 0 Å². The smallest absolute Gasteiger partial charge is 0.332 e. The highest BCUT2D eigenvalue weighted by molar-refractivity contribution is 5.71. The van der Waals surface area contributed by atoms with E-state index in [-0.39, 0.29) is 18.3 Å². The number of aliphatic carboxylic acids is 1. The molecule has 0 aliphatic heterocycles. The van der Waals surface area contributed by atoms with Crippen molar-refractivity contribution in [1.82, 2.24) is 0 Å². The predicted octanol–water partition coefficient (Wildman–Crippen LogP) is 2.82. The van der Waals surface area contributed by atoms with E-state index in [1.165, 1.54) is 0 Å². The van der Waals surface area contributed by atoms with Crippen molar-refractivity contribution >= 4 is 5.97 Å². The Labute approximate surface area is 150 Å². The number of carboxylic acid groups (broad SMARTS) is 1. The molecule has 1 unspecified atom stereocenters. The average Bonchev–Trinajstić information content (AvgIpc) is 2.83. The van der Waals surface area contributed by atoms with Gasteiger partial charge in [-0.3, -0.25) is 0 Å². The van der Waals surface area contributed by atoms with E-state index in [0.29, 0.717) is 19.3 Å². The van der Waals surface area contributed by atoms with E-state index in [4.69, 9.17) is 5.11 Å². The first kappa shape index (κ1) is 21.6. The average molecular weight is 352 g/mol. The van der Waals surface area contributed by atoms with Gasteiger partial charge in [0, 0.05) is 12.3 Å². The molecule has 1 saturated carbocycles. The quantitative estimate of drug-likeness (QED) is 0.339. The summed E-state index contributed by atoms with van der Waals surface area (Å²) in [4.78, 5) is 10.5. The van der Waals surface area contributed by atoms with Crippen molar-refractivity contribution in [3.8, 4) is 0 Å². The molecule has 142 valence electrons. The Kier molecular flexibility index (Phi) is 10.4. The normalized spacial score (nSPS) is 28.5. The van der Waals surface area contributed by atoms with Crippen molar-refractivity contribution in [2.24, 2.45) is 11.8 Å². The van der Waals surface area contributed by atoms with Crippen molar-refractivity contribution in [2.45, 2.75) is 70.2 Å². The second kappa shape index (κ2) is 12.0. The molecule has 0 aromatic rings. The van der Waals surface area contributed by atoms with Crippen molar-refractivity contribution in [3.63, 3.8) is 0 Å². The van der Waals surface area contributed by atoms with Crippen molar-refractivity contribution in [2.75, 3.05) is 0 Å². The summed E-state index contributed by atoms with van der Waals surface area (Å²) < 4.78 is 0. The molecule has 0 spiro atoms. The van der Waals surface area contributed by atoms with Crippen molar-refractivity contribution in [1.29, 1.82) is 0 Å². The van der Waals surface area contributed by atoms with Crippen LogP contribution in [0.5, 0.6) is 0 Å². The monoisotopic (exact) mass is 352 g/mol. The standard InChI is InChI=1S/C20H32O5/c1-2-3-4-5-6-8-11-15-16(19(23)14-18(15)22)12-9-7-10-13-17(21)20(24)25/h3-4,7-9,11,15-19,21-23H,2,5-6,10,12-14H2,1H3,(H,24,25)/b4-3+,9-7-,11-8+/t15-,16-,17?,18-,19+/m1/s1. The lowest BCUT2D eigenvalue weighted by molar-refractivity contribution is -0.146. The lowest BCUT2D eigenvalue weighted by atomic mass is 9.89. The summed E-state index contributed by atoms with van der Waals surface area (Å²) in [6.07, 6.45) is 14.3. The second-order valence-electron chi connectivity index (χ2n) is 6.64. The number of carbonyl (C=O) groups is 1. The number of hydrogen-bond donors (Lipinski definition) is 4. The number of aliphatic hydroxyl groups is 3. The van der Waals surface area contributed by atoms with Crippen molar-refractivity contribution in [3.05, 3.63) is 36.5 Å². The number of unbranched alkanes of at least 4 members (excludes halogenated alkanes) is 1. The van der Waals surface area contributed by atoms with Gasteiger partial charge in [0.1, 0.15) is 0 Å². The maximum Gasteiger partial charge on any atom is 0.332 e. The first-order valence-electron chi connectivity index (χ1n) is 9.21. The molecule has 0 saturated heterocycles. The van der Waals surface area contributed by atoms with Gasteiger partial charge in [0.2, 0.25) is 0 Å². The van der Waals surface area contributed by atoms with Crippen LogP contribution in [0.2, 0.25) is 0 Å². The molecule has 1 rings (SSSR count). The molecule has 0 bridgehead atoms. The maximum absolute atomic E-state index is 10.5. The van der Waals surface area contributed by atoms with Gasteiger partial charge < -0.3 is 20.4 Å². The first-order chi connectivity index (χ1) is 12.0. The van der Waals surface area contributed by atoms with E-state index < -0.39 is 24.3 Å². The third kappa shape index (κ3) is 7.99. The van der Waals surface area contributed by atoms with E-state index in [1.807, 2.05) is 18.2 Å². The van der Waals surface area contributed by atoms with E-state index in [0.717, 1.165) is 19.3 Å². The Bertz CT molecular complexity index is 469. The number of aliphatic hydroxyl groups excluding tert-OH is 3. The minimum atomic E-state index is -1.33. The van der Waals surface area contributed by atoms with Crippen LogP contribution in [0.3, 0.4) is 0 Å². The molecular formula is C20H32O5. The van der Waals surface area contributed by atoms with Gasteiger partial charge in [0.25, 0.3) is 0 Å². The molecule has 5 atom stereocenters. The highest BCUT2D eigenvalue weighted by Gasteiger charge is 2.39. The topological polar surface area (TPSA) is 98.0 Å². The number of hydrogen-bond acceptors (Lipinski definition) is 4. The fourth-order valence-corrected chi connectivity index (χ4v) is 3.19. The first-order valence-corrected chi connectivity index (χ1v) is 9.21. The van der Waals surface area contributed by atoms with Crippen LogP contribution in [-0.4, -0.2) is 44.7 Å². The van der Waals surface area contributed by atoms with Gasteiger partial charge in [-0.25, -0.2) is 4.79 Å². The molecule has 0 aromatic carbocycles. The largest absolute Gasteiger partial charge is 0.479 e. The zero-order valence-corrected chi connectivity index (χ0v) is 15.0. The van der Waals surface area contributed by atoms with Gasteiger partial charge in [0.05, 0.1) is 12.2 Å². The number of carboxylic acids is 1. The van der Waals surface area contributed by atoms with E-state index in [2.05, 4.69) is 25.2 Å². The van der Waals surface area contributed by atoms with Crippen LogP contribution in [0.25, 0.3) is 0 Å². The molecule has 0 aromatic heterocycles. The molecule has 0 amide bonds. The van der Waals surface area contributed by atoms with Gasteiger partial charge in [-0.1, -0.05) is 43.4 Å². The Balaban J connectivity index is 2.44. The molecular weight excluding hydrogens is 320 g/mol. The molecule has 5 heteroatoms. The van der Waals surface area contributed by atoms with Crippen LogP contribution in [0.15, 0.2) is 36.5 Å². The zero-order valence-electron chi connectivity index (χ0n) is 15.0. The fraction of sp³-hybridized carbons (Fsp3) is 0.650. The third-order valence-corrected chi connectivity index (χ3v) is 4.64. The zero-order chi connectivity index (χ0) is 18.7. The molecule has 1 aliphatic rings. The summed E-state index contributed by atoms with van der Waals surface area (Å²) in [7, 11) is 0. The molecule has 0 radical (unpaired) electrons. The molecule has 1 aliphatic carbocycles. The SMILES string of the molecule is CC/C=C/CC/C=C/[C@@H]1[C@@H](C/C=C\CCC(O)C(=O)O)[C@@H](O)C[C@H]1O. The third-order valence-electron chi connectivity index (χ3n) is 4.64. The summed E-state index contributed by atoms with van der Waals surface area (Å²) in [6.45, 7) is 2.10. The van der Waals surface area contributed by atoms with Gasteiger partial charge in [-0.05, 0) is 44.4 Å². The van der Waals surface area contributed by atoms with Crippen LogP contribution < -0.4 is 0 Å². The van der Waals surface area contributed by atoms with E-state index >= 15 is 0 Å². The van der Waals surface area contributed by atoms with Crippen LogP contribution in [-0.2, 0) is 4.79 Å².